The largest absolute Gasteiger partial charge is 0.399 e. The molecule has 7 heteroatoms. The van der Waals surface area contributed by atoms with Crippen LogP contribution in [0.4, 0.5) is 5.69 Å². The molecule has 0 atom stereocenters. The molecular weight excluding hydrogens is 254 g/mol. The summed E-state index contributed by atoms with van der Waals surface area (Å²) in [6, 6.07) is 5.73. The van der Waals surface area contributed by atoms with Crippen LogP contribution in [-0.2, 0) is 7.05 Å². The zero-order valence-electron chi connectivity index (χ0n) is 8.99. The molecule has 0 aliphatic rings. The molecule has 0 aliphatic heterocycles. The standard InChI is InChI=1S/C10H9N5S2/c1-15-5-12-14-9(15)17-10-13-7-3-2-6(11)4-8(7)16-10/h2-5H,11H2,1H3. The molecule has 2 heterocycles. The SMILES string of the molecule is Cn1cnnc1Sc1nc2ccc(N)cc2s1. The average Bonchev–Trinajstić information content (AvgIpc) is 2.85. The highest BCUT2D eigenvalue weighted by Gasteiger charge is 2.09. The minimum atomic E-state index is 0.761. The van der Waals surface area contributed by atoms with E-state index in [1.54, 1.807) is 17.7 Å². The summed E-state index contributed by atoms with van der Waals surface area (Å²) in [5, 5.41) is 8.68. The Balaban J connectivity index is 1.99. The van der Waals surface area contributed by atoms with Crippen molar-refractivity contribution in [2.45, 2.75) is 9.50 Å². The average molecular weight is 263 g/mol. The molecule has 0 amide bonds. The first-order chi connectivity index (χ1) is 8.22. The first-order valence-electron chi connectivity index (χ1n) is 4.90. The van der Waals surface area contributed by atoms with Gasteiger partial charge in [0.15, 0.2) is 9.50 Å². The van der Waals surface area contributed by atoms with Crippen molar-refractivity contribution in [1.82, 2.24) is 19.7 Å². The fourth-order valence-electron chi connectivity index (χ4n) is 1.41. The minimum absolute atomic E-state index is 0.761. The van der Waals surface area contributed by atoms with Gasteiger partial charge in [-0.1, -0.05) is 0 Å². The normalized spacial score (nSPS) is 11.1. The molecule has 2 aromatic heterocycles. The molecule has 0 spiro atoms. The number of hydrogen-bond acceptors (Lipinski definition) is 6. The molecule has 0 saturated carbocycles. The van der Waals surface area contributed by atoms with E-state index < -0.39 is 0 Å². The summed E-state index contributed by atoms with van der Waals surface area (Å²) in [6.45, 7) is 0. The number of nitrogens with zero attached hydrogens (tertiary/aromatic N) is 4. The Kier molecular flexibility index (Phi) is 2.49. The minimum Gasteiger partial charge on any atom is -0.399 e. The van der Waals surface area contributed by atoms with Crippen molar-refractivity contribution >= 4 is 39.0 Å². The van der Waals surface area contributed by atoms with Crippen LogP contribution in [0.5, 0.6) is 0 Å². The number of fused-ring (bicyclic) bond motifs is 1. The Morgan fingerprint density at radius 3 is 3.06 bits per heavy atom. The summed E-state index contributed by atoms with van der Waals surface area (Å²) in [5.74, 6) is 0. The maximum absolute atomic E-state index is 5.74. The Morgan fingerprint density at radius 1 is 1.41 bits per heavy atom. The summed E-state index contributed by atoms with van der Waals surface area (Å²) in [5.41, 5.74) is 7.47. The van der Waals surface area contributed by atoms with Crippen LogP contribution in [0.25, 0.3) is 10.2 Å². The molecule has 3 aromatic rings. The zero-order chi connectivity index (χ0) is 11.8. The topological polar surface area (TPSA) is 69.6 Å². The first kappa shape index (κ1) is 10.5. The van der Waals surface area contributed by atoms with Gasteiger partial charge in [0.1, 0.15) is 6.33 Å². The molecule has 1 aromatic carbocycles. The van der Waals surface area contributed by atoms with Gasteiger partial charge in [0.25, 0.3) is 0 Å². The van der Waals surface area contributed by atoms with Crippen LogP contribution in [-0.4, -0.2) is 19.7 Å². The monoisotopic (exact) mass is 263 g/mol. The maximum atomic E-state index is 5.74. The third kappa shape index (κ3) is 1.98. The van der Waals surface area contributed by atoms with Crippen molar-refractivity contribution in [3.05, 3.63) is 24.5 Å². The number of nitrogens with two attached hydrogens (primary N) is 1. The van der Waals surface area contributed by atoms with E-state index in [0.717, 1.165) is 25.4 Å². The number of benzene rings is 1. The van der Waals surface area contributed by atoms with Crippen LogP contribution < -0.4 is 5.73 Å². The quantitative estimate of drug-likeness (QED) is 0.717. The molecule has 0 radical (unpaired) electrons. The lowest BCUT2D eigenvalue weighted by Gasteiger charge is -1.94. The van der Waals surface area contributed by atoms with Crippen LogP contribution in [0.1, 0.15) is 0 Å². The Labute approximate surface area is 106 Å². The van der Waals surface area contributed by atoms with Crippen LogP contribution in [0, 0.1) is 0 Å². The highest BCUT2D eigenvalue weighted by molar-refractivity contribution is 8.01. The lowest BCUT2D eigenvalue weighted by molar-refractivity contribution is 0.788. The van der Waals surface area contributed by atoms with Crippen molar-refractivity contribution in [2.75, 3.05) is 5.73 Å². The van der Waals surface area contributed by atoms with Gasteiger partial charge < -0.3 is 10.3 Å². The van der Waals surface area contributed by atoms with Gasteiger partial charge >= 0.3 is 0 Å². The molecule has 2 N–H and O–H groups in total. The molecule has 0 aliphatic carbocycles. The molecule has 0 unspecified atom stereocenters. The number of hydrogen-bond donors (Lipinski definition) is 1. The van der Waals surface area contributed by atoms with Crippen molar-refractivity contribution < 1.29 is 0 Å². The molecule has 86 valence electrons. The number of rotatable bonds is 2. The van der Waals surface area contributed by atoms with Gasteiger partial charge in [-0.05, 0) is 30.0 Å². The second-order valence-electron chi connectivity index (χ2n) is 3.53. The number of nitrogen functional groups attached to an aromatic ring is 1. The molecule has 17 heavy (non-hydrogen) atoms. The van der Waals surface area contributed by atoms with Gasteiger partial charge in [0, 0.05) is 12.7 Å². The van der Waals surface area contributed by atoms with Crippen molar-refractivity contribution in [1.29, 1.82) is 0 Å². The van der Waals surface area contributed by atoms with Gasteiger partial charge in [-0.2, -0.15) is 0 Å². The van der Waals surface area contributed by atoms with E-state index >= 15 is 0 Å². The number of aryl methyl sites for hydroxylation is 1. The van der Waals surface area contributed by atoms with E-state index in [4.69, 9.17) is 5.73 Å². The van der Waals surface area contributed by atoms with Crippen molar-refractivity contribution in [2.24, 2.45) is 7.05 Å². The highest BCUT2D eigenvalue weighted by Crippen LogP contribution is 2.33. The summed E-state index contributed by atoms with van der Waals surface area (Å²) < 4.78 is 3.90. The second-order valence-corrected chi connectivity index (χ2v) is 5.78. The predicted octanol–water partition coefficient (Wildman–Crippen LogP) is 2.16. The summed E-state index contributed by atoms with van der Waals surface area (Å²) >= 11 is 3.12. The summed E-state index contributed by atoms with van der Waals surface area (Å²) in [4.78, 5) is 4.51. The van der Waals surface area contributed by atoms with Crippen LogP contribution in [0.15, 0.2) is 34.0 Å². The second kappa shape index (κ2) is 4.01. The van der Waals surface area contributed by atoms with Gasteiger partial charge in [-0.25, -0.2) is 4.98 Å². The lowest BCUT2D eigenvalue weighted by atomic mass is 10.3. The van der Waals surface area contributed by atoms with Crippen LogP contribution >= 0.6 is 23.1 Å². The zero-order valence-corrected chi connectivity index (χ0v) is 10.6. The smallest absolute Gasteiger partial charge is 0.197 e. The highest BCUT2D eigenvalue weighted by atomic mass is 32.2. The first-order valence-corrected chi connectivity index (χ1v) is 6.53. The van der Waals surface area contributed by atoms with E-state index in [0.29, 0.717) is 0 Å². The Bertz CT molecular complexity index is 672. The van der Waals surface area contributed by atoms with Gasteiger partial charge in [0.05, 0.1) is 10.2 Å². The summed E-state index contributed by atoms with van der Waals surface area (Å²) in [6.07, 6.45) is 1.67. The lowest BCUT2D eigenvalue weighted by Crippen LogP contribution is -1.87. The number of anilines is 1. The predicted molar refractivity (Wildman–Crippen MR) is 69.2 cm³/mol. The van der Waals surface area contributed by atoms with E-state index in [2.05, 4.69) is 15.2 Å². The Morgan fingerprint density at radius 2 is 2.29 bits per heavy atom. The van der Waals surface area contributed by atoms with Crippen LogP contribution in [0.3, 0.4) is 0 Å². The third-order valence-electron chi connectivity index (χ3n) is 2.24. The van der Waals surface area contributed by atoms with Gasteiger partial charge in [-0.15, -0.1) is 21.5 Å². The van der Waals surface area contributed by atoms with Gasteiger partial charge in [-0.3, -0.25) is 0 Å². The summed E-state index contributed by atoms with van der Waals surface area (Å²) in [7, 11) is 1.91. The Hall–Kier alpha value is -1.60. The van der Waals surface area contributed by atoms with E-state index in [1.165, 1.54) is 11.8 Å². The van der Waals surface area contributed by atoms with Crippen molar-refractivity contribution in [3.8, 4) is 0 Å². The third-order valence-corrected chi connectivity index (χ3v) is 4.37. The molecule has 0 saturated heterocycles. The molecule has 0 fully saturated rings. The van der Waals surface area contributed by atoms with E-state index in [-0.39, 0.29) is 0 Å². The van der Waals surface area contributed by atoms with Crippen LogP contribution in [0.2, 0.25) is 0 Å². The van der Waals surface area contributed by atoms with Crippen molar-refractivity contribution in [3.63, 3.8) is 0 Å². The molecular formula is C10H9N5S2. The fraction of sp³-hybridized carbons (Fsp3) is 0.100. The number of aromatic nitrogens is 4. The van der Waals surface area contributed by atoms with E-state index in [1.807, 2.05) is 29.8 Å². The fourth-order valence-corrected chi connectivity index (χ4v) is 3.39. The molecule has 0 bridgehead atoms. The maximum Gasteiger partial charge on any atom is 0.197 e. The van der Waals surface area contributed by atoms with Gasteiger partial charge in [0.2, 0.25) is 0 Å². The van der Waals surface area contributed by atoms with E-state index in [9.17, 15) is 0 Å². The molecule has 3 rings (SSSR count). The molecule has 5 nitrogen and oxygen atoms in total. The number of thiazole rings is 1.